The summed E-state index contributed by atoms with van der Waals surface area (Å²) in [6, 6.07) is 0.993. The highest BCUT2D eigenvalue weighted by Gasteiger charge is 2.42. The summed E-state index contributed by atoms with van der Waals surface area (Å²) in [5, 5.41) is 10.5. The van der Waals surface area contributed by atoms with E-state index in [1.807, 2.05) is 0 Å². The number of aldehydes is 1. The number of hydrogen-bond donors (Lipinski definition) is 1. The van der Waals surface area contributed by atoms with Crippen LogP contribution in [0.3, 0.4) is 0 Å². The van der Waals surface area contributed by atoms with Gasteiger partial charge >= 0.3 is 6.18 Å². The van der Waals surface area contributed by atoms with Crippen LogP contribution in [0.15, 0.2) is 12.1 Å². The Labute approximate surface area is 97.3 Å². The van der Waals surface area contributed by atoms with Crippen LogP contribution in [0, 0.1) is 10.1 Å². The molecule has 0 bridgehead atoms. The molecule has 0 saturated heterocycles. The van der Waals surface area contributed by atoms with E-state index in [9.17, 15) is 32.9 Å². The van der Waals surface area contributed by atoms with Gasteiger partial charge in [-0.2, -0.15) is 13.2 Å². The molecule has 6 nitrogen and oxygen atoms in total. The first kappa shape index (κ1) is 13.6. The molecular formula is C9H5F3N2O4. The fourth-order valence-corrected chi connectivity index (χ4v) is 1.35. The lowest BCUT2D eigenvalue weighted by molar-refractivity contribution is -0.388. The number of benzene rings is 1. The van der Waals surface area contributed by atoms with Crippen LogP contribution >= 0.6 is 0 Å². The number of primary amides is 1. The molecule has 9 heteroatoms. The van der Waals surface area contributed by atoms with Crippen molar-refractivity contribution in [1.82, 2.24) is 0 Å². The molecule has 1 aromatic carbocycles. The number of nitrogens with zero attached hydrogens (tertiary/aromatic N) is 1. The van der Waals surface area contributed by atoms with Gasteiger partial charge in [0.05, 0.1) is 10.5 Å². The molecule has 1 amide bonds. The minimum absolute atomic E-state index is 0.0829. The molecule has 0 aliphatic carbocycles. The normalized spacial score (nSPS) is 11.1. The molecule has 0 atom stereocenters. The summed E-state index contributed by atoms with van der Waals surface area (Å²) in [5.74, 6) is -1.51. The molecule has 0 radical (unpaired) electrons. The minimum atomic E-state index is -5.13. The molecule has 18 heavy (non-hydrogen) atoms. The zero-order chi connectivity index (χ0) is 14.1. The lowest BCUT2D eigenvalue weighted by Gasteiger charge is -2.11. The number of alkyl halides is 3. The third-order valence-corrected chi connectivity index (χ3v) is 2.02. The molecule has 0 aliphatic rings. The summed E-state index contributed by atoms with van der Waals surface area (Å²) in [6.45, 7) is 0. The van der Waals surface area contributed by atoms with Gasteiger partial charge in [-0.1, -0.05) is 0 Å². The van der Waals surface area contributed by atoms with Crippen molar-refractivity contribution in [3.8, 4) is 0 Å². The van der Waals surface area contributed by atoms with Gasteiger partial charge in [0.15, 0.2) is 0 Å². The van der Waals surface area contributed by atoms with Crippen molar-refractivity contribution in [3.05, 3.63) is 38.9 Å². The minimum Gasteiger partial charge on any atom is -0.366 e. The quantitative estimate of drug-likeness (QED) is 0.506. The predicted molar refractivity (Wildman–Crippen MR) is 52.0 cm³/mol. The number of amides is 1. The van der Waals surface area contributed by atoms with Gasteiger partial charge in [-0.3, -0.25) is 19.7 Å². The third kappa shape index (κ3) is 2.44. The van der Waals surface area contributed by atoms with Gasteiger partial charge in [0.1, 0.15) is 11.8 Å². The molecule has 0 fully saturated rings. The lowest BCUT2D eigenvalue weighted by atomic mass is 10.0. The van der Waals surface area contributed by atoms with Gasteiger partial charge in [-0.25, -0.2) is 0 Å². The van der Waals surface area contributed by atoms with Crippen LogP contribution in [-0.4, -0.2) is 17.1 Å². The first-order valence-electron chi connectivity index (χ1n) is 4.33. The molecule has 96 valence electrons. The fraction of sp³-hybridized carbons (Fsp3) is 0.111. The van der Waals surface area contributed by atoms with Crippen LogP contribution in [-0.2, 0) is 6.18 Å². The molecule has 0 aromatic heterocycles. The van der Waals surface area contributed by atoms with E-state index in [0.717, 1.165) is 0 Å². The zero-order valence-corrected chi connectivity index (χ0v) is 8.52. The van der Waals surface area contributed by atoms with E-state index in [2.05, 4.69) is 0 Å². The molecular weight excluding hydrogens is 257 g/mol. The van der Waals surface area contributed by atoms with Crippen molar-refractivity contribution < 1.29 is 27.7 Å². The summed E-state index contributed by atoms with van der Waals surface area (Å²) >= 11 is 0. The maximum absolute atomic E-state index is 12.7. The Kier molecular flexibility index (Phi) is 3.35. The molecule has 0 heterocycles. The Bertz CT molecular complexity index is 504. The second-order valence-electron chi connectivity index (χ2n) is 3.20. The smallest absolute Gasteiger partial charge is 0.366 e. The number of halogens is 3. The van der Waals surface area contributed by atoms with E-state index in [1.165, 1.54) is 0 Å². The van der Waals surface area contributed by atoms with Crippen LogP contribution in [0.5, 0.6) is 0 Å². The summed E-state index contributed by atoms with van der Waals surface area (Å²) in [6.07, 6.45) is -5.05. The van der Waals surface area contributed by atoms with E-state index >= 15 is 0 Å². The summed E-state index contributed by atoms with van der Waals surface area (Å²) < 4.78 is 38.0. The summed E-state index contributed by atoms with van der Waals surface area (Å²) in [7, 11) is 0. The first-order valence-corrected chi connectivity index (χ1v) is 4.33. The fourth-order valence-electron chi connectivity index (χ4n) is 1.35. The third-order valence-electron chi connectivity index (χ3n) is 2.02. The number of nitrogens with two attached hydrogens (primary N) is 1. The van der Waals surface area contributed by atoms with Crippen LogP contribution in [0.1, 0.15) is 26.3 Å². The number of carbonyl (C=O) groups is 2. The van der Waals surface area contributed by atoms with Crippen molar-refractivity contribution in [3.63, 3.8) is 0 Å². The van der Waals surface area contributed by atoms with Crippen molar-refractivity contribution in [1.29, 1.82) is 0 Å². The largest absolute Gasteiger partial charge is 0.423 e. The van der Waals surface area contributed by atoms with E-state index in [4.69, 9.17) is 5.73 Å². The van der Waals surface area contributed by atoms with E-state index in [1.54, 1.807) is 0 Å². The predicted octanol–water partition coefficient (Wildman–Crippen LogP) is 1.52. The van der Waals surface area contributed by atoms with Crippen LogP contribution in [0.25, 0.3) is 0 Å². The zero-order valence-electron chi connectivity index (χ0n) is 8.52. The number of nitro groups is 1. The highest BCUT2D eigenvalue weighted by molar-refractivity contribution is 5.97. The second-order valence-corrected chi connectivity index (χ2v) is 3.20. The molecule has 1 aromatic rings. The Balaban J connectivity index is 3.78. The van der Waals surface area contributed by atoms with Crippen LogP contribution < -0.4 is 5.73 Å². The van der Waals surface area contributed by atoms with E-state index in [0.29, 0.717) is 12.1 Å². The lowest BCUT2D eigenvalue weighted by Crippen LogP contribution is -2.21. The van der Waals surface area contributed by atoms with Gasteiger partial charge < -0.3 is 5.73 Å². The Morgan fingerprint density at radius 3 is 2.28 bits per heavy atom. The average molecular weight is 262 g/mol. The molecule has 0 aliphatic heterocycles. The number of nitro benzene ring substituents is 1. The monoisotopic (exact) mass is 262 g/mol. The van der Waals surface area contributed by atoms with Crippen LogP contribution in [0.2, 0.25) is 0 Å². The topological polar surface area (TPSA) is 103 Å². The van der Waals surface area contributed by atoms with Crippen molar-refractivity contribution >= 4 is 17.9 Å². The van der Waals surface area contributed by atoms with Crippen LogP contribution in [0.4, 0.5) is 18.9 Å². The Hall–Kier alpha value is -2.45. The Morgan fingerprint density at radius 1 is 1.39 bits per heavy atom. The molecule has 1 rings (SSSR count). The van der Waals surface area contributed by atoms with Gasteiger partial charge in [0.2, 0.25) is 5.91 Å². The van der Waals surface area contributed by atoms with E-state index in [-0.39, 0.29) is 6.29 Å². The van der Waals surface area contributed by atoms with Crippen molar-refractivity contribution in [2.75, 3.05) is 0 Å². The van der Waals surface area contributed by atoms with Gasteiger partial charge in [0, 0.05) is 11.6 Å². The SMILES string of the molecule is NC(=O)c1cc(C=O)cc([N+](=O)[O-])c1C(F)(F)F. The highest BCUT2D eigenvalue weighted by Crippen LogP contribution is 2.39. The second kappa shape index (κ2) is 4.43. The highest BCUT2D eigenvalue weighted by atomic mass is 19.4. The standard InChI is InChI=1S/C9H5F3N2O4/c10-9(11,12)7-5(8(13)16)1-4(3-15)2-6(7)14(17)18/h1-3H,(H2,13,16). The molecule has 0 unspecified atom stereocenters. The number of carbonyl (C=O) groups excluding carboxylic acids is 2. The molecule has 0 saturated carbocycles. The van der Waals surface area contributed by atoms with Gasteiger partial charge in [0.25, 0.3) is 5.69 Å². The number of hydrogen-bond acceptors (Lipinski definition) is 4. The molecule has 0 spiro atoms. The molecule has 2 N–H and O–H groups in total. The maximum atomic E-state index is 12.7. The van der Waals surface area contributed by atoms with E-state index < -0.39 is 39.4 Å². The number of rotatable bonds is 3. The van der Waals surface area contributed by atoms with Crippen molar-refractivity contribution in [2.45, 2.75) is 6.18 Å². The Morgan fingerprint density at radius 2 is 1.94 bits per heavy atom. The van der Waals surface area contributed by atoms with Crippen molar-refractivity contribution in [2.24, 2.45) is 5.73 Å². The maximum Gasteiger partial charge on any atom is 0.423 e. The average Bonchev–Trinajstić information content (AvgIpc) is 2.25. The summed E-state index contributed by atoms with van der Waals surface area (Å²) in [4.78, 5) is 30.6. The van der Waals surface area contributed by atoms with Gasteiger partial charge in [-0.15, -0.1) is 0 Å². The van der Waals surface area contributed by atoms with Gasteiger partial charge in [-0.05, 0) is 6.07 Å². The summed E-state index contributed by atoms with van der Waals surface area (Å²) in [5.41, 5.74) is 0.0262. The first-order chi connectivity index (χ1) is 8.18.